The molecule has 0 atom stereocenters. The monoisotopic (exact) mass is 240 g/mol. The van der Waals surface area contributed by atoms with Crippen molar-refractivity contribution in [3.63, 3.8) is 0 Å². The van der Waals surface area contributed by atoms with E-state index in [0.717, 1.165) is 11.1 Å². The van der Waals surface area contributed by atoms with Gasteiger partial charge in [-0.05, 0) is 17.7 Å². The molecule has 0 aliphatic carbocycles. The third kappa shape index (κ3) is 2.95. The zero-order valence-electron chi connectivity index (χ0n) is 9.72. The van der Waals surface area contributed by atoms with Crippen molar-refractivity contribution in [3.8, 4) is 5.75 Å². The third-order valence-corrected chi connectivity index (χ3v) is 2.47. The molecule has 17 heavy (non-hydrogen) atoms. The van der Waals surface area contributed by atoms with E-state index in [1.54, 1.807) is 13.2 Å². The van der Waals surface area contributed by atoms with Gasteiger partial charge >= 0.3 is 0 Å². The van der Waals surface area contributed by atoms with Crippen molar-refractivity contribution in [2.75, 3.05) is 27.1 Å². The van der Waals surface area contributed by atoms with Crippen LogP contribution >= 0.6 is 0 Å². The molecular formula is C12H16O5. The maximum atomic E-state index is 9.09. The van der Waals surface area contributed by atoms with Gasteiger partial charge in [0.2, 0.25) is 0 Å². The van der Waals surface area contributed by atoms with Gasteiger partial charge in [-0.25, -0.2) is 0 Å². The lowest BCUT2D eigenvalue weighted by atomic mass is 10.1. The van der Waals surface area contributed by atoms with E-state index in [9.17, 15) is 0 Å². The van der Waals surface area contributed by atoms with Gasteiger partial charge in [0.05, 0.1) is 19.8 Å². The number of benzene rings is 1. The molecule has 5 heteroatoms. The summed E-state index contributed by atoms with van der Waals surface area (Å²) in [6, 6.07) is 5.42. The first-order valence-corrected chi connectivity index (χ1v) is 5.43. The van der Waals surface area contributed by atoms with Gasteiger partial charge in [0.25, 0.3) is 0 Å². The SMILES string of the molecule is COCOc1cc(CO)ccc1C1OCCO1. The van der Waals surface area contributed by atoms with Gasteiger partial charge in [-0.3, -0.25) is 0 Å². The summed E-state index contributed by atoms with van der Waals surface area (Å²) in [6.45, 7) is 1.27. The zero-order chi connectivity index (χ0) is 12.1. The van der Waals surface area contributed by atoms with Gasteiger partial charge < -0.3 is 24.1 Å². The Morgan fingerprint density at radius 1 is 1.35 bits per heavy atom. The van der Waals surface area contributed by atoms with Crippen molar-refractivity contribution in [2.24, 2.45) is 0 Å². The van der Waals surface area contributed by atoms with Gasteiger partial charge in [-0.15, -0.1) is 0 Å². The van der Waals surface area contributed by atoms with E-state index < -0.39 is 6.29 Å². The van der Waals surface area contributed by atoms with E-state index in [-0.39, 0.29) is 13.4 Å². The number of hydrogen-bond donors (Lipinski definition) is 1. The number of aliphatic hydroxyl groups excluding tert-OH is 1. The normalized spacial score (nSPS) is 16.4. The van der Waals surface area contributed by atoms with E-state index in [1.807, 2.05) is 12.1 Å². The van der Waals surface area contributed by atoms with Gasteiger partial charge in [-0.2, -0.15) is 0 Å². The summed E-state index contributed by atoms with van der Waals surface area (Å²) < 4.78 is 21.2. The van der Waals surface area contributed by atoms with E-state index in [4.69, 9.17) is 24.1 Å². The van der Waals surface area contributed by atoms with Crippen molar-refractivity contribution in [1.29, 1.82) is 0 Å². The molecule has 1 heterocycles. The second kappa shape index (κ2) is 5.97. The Labute approximate surface area is 99.9 Å². The molecule has 1 fully saturated rings. The van der Waals surface area contributed by atoms with Gasteiger partial charge in [-0.1, -0.05) is 6.07 Å². The molecule has 0 unspecified atom stereocenters. The fraction of sp³-hybridized carbons (Fsp3) is 0.500. The summed E-state index contributed by atoms with van der Waals surface area (Å²) >= 11 is 0. The Kier molecular flexibility index (Phi) is 4.33. The van der Waals surface area contributed by atoms with Gasteiger partial charge in [0.1, 0.15) is 5.75 Å². The third-order valence-electron chi connectivity index (χ3n) is 2.47. The lowest BCUT2D eigenvalue weighted by Crippen LogP contribution is -2.06. The van der Waals surface area contributed by atoms with Crippen LogP contribution in [0.25, 0.3) is 0 Å². The summed E-state index contributed by atoms with van der Waals surface area (Å²) in [5.41, 5.74) is 1.59. The highest BCUT2D eigenvalue weighted by Gasteiger charge is 2.22. The standard InChI is InChI=1S/C12H16O5/c1-14-8-17-11-6-9(7-13)2-3-10(11)12-15-4-5-16-12/h2-3,6,12-13H,4-5,7-8H2,1H3. The molecule has 94 valence electrons. The van der Waals surface area contributed by atoms with Crippen molar-refractivity contribution < 1.29 is 24.1 Å². The molecule has 0 saturated carbocycles. The maximum Gasteiger partial charge on any atom is 0.188 e. The van der Waals surface area contributed by atoms with Gasteiger partial charge in [0.15, 0.2) is 13.1 Å². The number of ether oxygens (including phenoxy) is 4. The predicted octanol–water partition coefficient (Wildman–Crippen LogP) is 1.21. The number of hydrogen-bond acceptors (Lipinski definition) is 5. The molecule has 1 aliphatic rings. The summed E-state index contributed by atoms with van der Waals surface area (Å²) in [5.74, 6) is 0.616. The molecule has 2 rings (SSSR count). The van der Waals surface area contributed by atoms with Crippen LogP contribution in [-0.4, -0.2) is 32.2 Å². The van der Waals surface area contributed by atoms with Crippen molar-refractivity contribution in [1.82, 2.24) is 0 Å². The van der Waals surface area contributed by atoms with Crippen LogP contribution in [-0.2, 0) is 20.8 Å². The molecule has 1 aromatic rings. The molecule has 1 aromatic carbocycles. The molecule has 0 amide bonds. The maximum absolute atomic E-state index is 9.09. The highest BCUT2D eigenvalue weighted by atomic mass is 16.7. The quantitative estimate of drug-likeness (QED) is 0.784. The Balaban J connectivity index is 2.21. The molecule has 0 aromatic heterocycles. The minimum Gasteiger partial charge on any atom is -0.467 e. The lowest BCUT2D eigenvalue weighted by Gasteiger charge is -2.15. The number of methoxy groups -OCH3 is 1. The first-order chi connectivity index (χ1) is 8.35. The Morgan fingerprint density at radius 3 is 2.76 bits per heavy atom. The molecule has 0 radical (unpaired) electrons. The van der Waals surface area contributed by atoms with Crippen LogP contribution in [0.15, 0.2) is 18.2 Å². The van der Waals surface area contributed by atoms with Crippen LogP contribution in [0.5, 0.6) is 5.75 Å². The summed E-state index contributed by atoms with van der Waals surface area (Å²) in [5, 5.41) is 9.09. The molecule has 1 saturated heterocycles. The summed E-state index contributed by atoms with van der Waals surface area (Å²) in [7, 11) is 1.55. The van der Waals surface area contributed by atoms with Crippen molar-refractivity contribution in [3.05, 3.63) is 29.3 Å². The van der Waals surface area contributed by atoms with Crippen LogP contribution in [0.1, 0.15) is 17.4 Å². The predicted molar refractivity (Wildman–Crippen MR) is 59.5 cm³/mol. The van der Waals surface area contributed by atoms with Crippen molar-refractivity contribution >= 4 is 0 Å². The topological polar surface area (TPSA) is 57.2 Å². The highest BCUT2D eigenvalue weighted by molar-refractivity contribution is 5.38. The average Bonchev–Trinajstić information content (AvgIpc) is 2.89. The lowest BCUT2D eigenvalue weighted by molar-refractivity contribution is -0.0477. The smallest absolute Gasteiger partial charge is 0.188 e. The van der Waals surface area contributed by atoms with Crippen molar-refractivity contribution in [2.45, 2.75) is 12.9 Å². The van der Waals surface area contributed by atoms with E-state index in [1.165, 1.54) is 0 Å². The number of aliphatic hydroxyl groups is 1. The van der Waals surface area contributed by atoms with Crippen LogP contribution in [0, 0.1) is 0 Å². The van der Waals surface area contributed by atoms with E-state index in [2.05, 4.69) is 0 Å². The second-order valence-electron chi connectivity index (χ2n) is 3.65. The minimum absolute atomic E-state index is 0.0317. The second-order valence-corrected chi connectivity index (χ2v) is 3.65. The Hall–Kier alpha value is -1.14. The first kappa shape index (κ1) is 12.3. The first-order valence-electron chi connectivity index (χ1n) is 5.43. The molecule has 1 aliphatic heterocycles. The largest absolute Gasteiger partial charge is 0.467 e. The van der Waals surface area contributed by atoms with Crippen LogP contribution in [0.3, 0.4) is 0 Å². The van der Waals surface area contributed by atoms with E-state index in [0.29, 0.717) is 19.0 Å². The fourth-order valence-corrected chi connectivity index (χ4v) is 1.66. The highest BCUT2D eigenvalue weighted by Crippen LogP contribution is 2.32. The molecule has 5 nitrogen and oxygen atoms in total. The van der Waals surface area contributed by atoms with E-state index >= 15 is 0 Å². The minimum atomic E-state index is -0.394. The zero-order valence-corrected chi connectivity index (χ0v) is 9.72. The number of rotatable bonds is 5. The Bertz CT molecular complexity index is 360. The summed E-state index contributed by atoms with van der Waals surface area (Å²) in [4.78, 5) is 0. The summed E-state index contributed by atoms with van der Waals surface area (Å²) in [6.07, 6.45) is -0.394. The van der Waals surface area contributed by atoms with Crippen LogP contribution < -0.4 is 4.74 Å². The van der Waals surface area contributed by atoms with Crippen LogP contribution in [0.4, 0.5) is 0 Å². The van der Waals surface area contributed by atoms with Crippen LogP contribution in [0.2, 0.25) is 0 Å². The molecular weight excluding hydrogens is 224 g/mol. The van der Waals surface area contributed by atoms with Gasteiger partial charge in [0, 0.05) is 12.7 Å². The fourth-order valence-electron chi connectivity index (χ4n) is 1.66. The average molecular weight is 240 g/mol. The Morgan fingerprint density at radius 2 is 2.12 bits per heavy atom. The molecule has 0 bridgehead atoms. The molecule has 1 N–H and O–H groups in total. The molecule has 0 spiro atoms.